The largest absolute Gasteiger partial charge is 0.460 e. The molecule has 0 saturated carbocycles. The van der Waals surface area contributed by atoms with E-state index >= 15 is 0 Å². The van der Waals surface area contributed by atoms with E-state index in [0.29, 0.717) is 30.1 Å². The summed E-state index contributed by atoms with van der Waals surface area (Å²) in [5, 5.41) is 0.585. The smallest absolute Gasteiger partial charge is 0.300 e. The van der Waals surface area contributed by atoms with Gasteiger partial charge in [0.25, 0.3) is 11.6 Å². The number of rotatable bonds is 5. The van der Waals surface area contributed by atoms with E-state index in [1.165, 1.54) is 0 Å². The van der Waals surface area contributed by atoms with Crippen LogP contribution < -0.4 is 10.3 Å². The average Bonchev–Trinajstić information content (AvgIpc) is 2.57. The van der Waals surface area contributed by atoms with E-state index in [9.17, 15) is 4.79 Å². The molecule has 0 bridgehead atoms. The molecule has 0 unspecified atom stereocenters. The first-order valence-electron chi connectivity index (χ1n) is 7.41. The van der Waals surface area contributed by atoms with Gasteiger partial charge in [-0.2, -0.15) is 4.98 Å². The van der Waals surface area contributed by atoms with Crippen molar-refractivity contribution in [1.29, 1.82) is 0 Å². The molecule has 0 atom stereocenters. The molecule has 6 heteroatoms. The van der Waals surface area contributed by atoms with E-state index in [4.69, 9.17) is 4.74 Å². The Morgan fingerprint density at radius 1 is 1.30 bits per heavy atom. The lowest BCUT2D eigenvalue weighted by Crippen LogP contribution is -2.23. The number of benzene rings is 1. The van der Waals surface area contributed by atoms with Gasteiger partial charge in [-0.25, -0.2) is 0 Å². The Labute approximate surface area is 142 Å². The molecule has 0 N–H and O–H groups in total. The summed E-state index contributed by atoms with van der Waals surface area (Å²) in [6, 6.07) is 9.59. The van der Waals surface area contributed by atoms with Crippen LogP contribution in [0, 0.1) is 0 Å². The number of fused-ring (bicyclic) bond motifs is 1. The van der Waals surface area contributed by atoms with Crippen molar-refractivity contribution in [3.05, 3.63) is 63.1 Å². The SMILES string of the molecule is CCCn1c(OCc2cccnc2)nc2ccc(Br)cc2c1=O. The lowest BCUT2D eigenvalue weighted by atomic mass is 10.2. The van der Waals surface area contributed by atoms with Crippen molar-refractivity contribution >= 4 is 26.8 Å². The van der Waals surface area contributed by atoms with Gasteiger partial charge in [0.05, 0.1) is 10.9 Å². The predicted molar refractivity (Wildman–Crippen MR) is 92.6 cm³/mol. The molecule has 3 rings (SSSR count). The molecule has 5 nitrogen and oxygen atoms in total. The van der Waals surface area contributed by atoms with E-state index in [1.807, 2.05) is 31.2 Å². The second-order valence-corrected chi connectivity index (χ2v) is 6.08. The van der Waals surface area contributed by atoms with Crippen LogP contribution in [0.5, 0.6) is 6.01 Å². The molecule has 2 heterocycles. The average molecular weight is 374 g/mol. The second-order valence-electron chi connectivity index (χ2n) is 5.16. The van der Waals surface area contributed by atoms with Crippen LogP contribution in [0.4, 0.5) is 0 Å². The molecule has 118 valence electrons. The summed E-state index contributed by atoms with van der Waals surface area (Å²) in [6.07, 6.45) is 4.27. The monoisotopic (exact) mass is 373 g/mol. The third-order valence-corrected chi connectivity index (χ3v) is 3.91. The van der Waals surface area contributed by atoms with Crippen molar-refractivity contribution in [3.63, 3.8) is 0 Å². The van der Waals surface area contributed by atoms with Crippen molar-refractivity contribution in [1.82, 2.24) is 14.5 Å². The van der Waals surface area contributed by atoms with Gasteiger partial charge in [0.15, 0.2) is 0 Å². The Balaban J connectivity index is 2.02. The van der Waals surface area contributed by atoms with Crippen LogP contribution in [0.3, 0.4) is 0 Å². The highest BCUT2D eigenvalue weighted by atomic mass is 79.9. The predicted octanol–water partition coefficient (Wildman–Crippen LogP) is 3.54. The maximum atomic E-state index is 12.7. The molecule has 0 radical (unpaired) electrons. The van der Waals surface area contributed by atoms with Gasteiger partial charge in [0.1, 0.15) is 6.61 Å². The number of halogens is 1. The number of aromatic nitrogens is 3. The summed E-state index contributed by atoms with van der Waals surface area (Å²) < 4.78 is 8.24. The van der Waals surface area contributed by atoms with E-state index in [-0.39, 0.29) is 5.56 Å². The number of pyridine rings is 1. The zero-order valence-electron chi connectivity index (χ0n) is 12.7. The van der Waals surface area contributed by atoms with E-state index < -0.39 is 0 Å². The van der Waals surface area contributed by atoms with Crippen LogP contribution in [0.1, 0.15) is 18.9 Å². The summed E-state index contributed by atoms with van der Waals surface area (Å²) in [7, 11) is 0. The molecular weight excluding hydrogens is 358 g/mol. The number of hydrogen-bond donors (Lipinski definition) is 0. The molecule has 23 heavy (non-hydrogen) atoms. The normalized spacial score (nSPS) is 10.9. The number of ether oxygens (including phenoxy) is 1. The molecule has 0 aliphatic heterocycles. The van der Waals surface area contributed by atoms with Crippen LogP contribution in [0.25, 0.3) is 10.9 Å². The first-order chi connectivity index (χ1) is 11.2. The highest BCUT2D eigenvalue weighted by Crippen LogP contribution is 2.19. The van der Waals surface area contributed by atoms with Crippen LogP contribution >= 0.6 is 15.9 Å². The van der Waals surface area contributed by atoms with Crippen molar-refractivity contribution in [3.8, 4) is 6.01 Å². The first-order valence-corrected chi connectivity index (χ1v) is 8.20. The quantitative estimate of drug-likeness (QED) is 0.686. The zero-order valence-corrected chi connectivity index (χ0v) is 14.3. The fraction of sp³-hybridized carbons (Fsp3) is 0.235. The molecule has 0 spiro atoms. The zero-order chi connectivity index (χ0) is 16.2. The topological polar surface area (TPSA) is 57.0 Å². The molecule has 0 saturated heterocycles. The molecular formula is C17H16BrN3O2. The maximum Gasteiger partial charge on any atom is 0.300 e. The Bertz CT molecular complexity index is 878. The van der Waals surface area contributed by atoms with Gasteiger partial charge in [-0.05, 0) is 30.7 Å². The standard InChI is InChI=1S/C17H16BrN3O2/c1-2-8-21-16(22)14-9-13(18)5-6-15(14)20-17(21)23-11-12-4-3-7-19-10-12/h3-7,9-10H,2,8,11H2,1H3. The van der Waals surface area contributed by atoms with Gasteiger partial charge in [-0.1, -0.05) is 28.9 Å². The third kappa shape index (κ3) is 3.42. The van der Waals surface area contributed by atoms with Crippen LogP contribution in [-0.4, -0.2) is 14.5 Å². The molecule has 0 fully saturated rings. The molecule has 0 amide bonds. The number of nitrogens with zero attached hydrogens (tertiary/aromatic N) is 3. The van der Waals surface area contributed by atoms with E-state index in [0.717, 1.165) is 16.5 Å². The number of hydrogen-bond acceptors (Lipinski definition) is 4. The summed E-state index contributed by atoms with van der Waals surface area (Å²) in [5.41, 5.74) is 1.48. The van der Waals surface area contributed by atoms with Gasteiger partial charge in [-0.3, -0.25) is 14.3 Å². The Morgan fingerprint density at radius 3 is 2.91 bits per heavy atom. The van der Waals surface area contributed by atoms with Gasteiger partial charge in [-0.15, -0.1) is 0 Å². The highest BCUT2D eigenvalue weighted by molar-refractivity contribution is 9.10. The van der Waals surface area contributed by atoms with Crippen LogP contribution in [0.2, 0.25) is 0 Å². The van der Waals surface area contributed by atoms with E-state index in [2.05, 4.69) is 25.9 Å². The van der Waals surface area contributed by atoms with Gasteiger partial charge in [0.2, 0.25) is 0 Å². The van der Waals surface area contributed by atoms with Crippen molar-refractivity contribution in [2.24, 2.45) is 0 Å². The summed E-state index contributed by atoms with van der Waals surface area (Å²) in [4.78, 5) is 21.3. The Hall–Kier alpha value is -2.21. The molecule has 2 aromatic heterocycles. The van der Waals surface area contributed by atoms with Crippen LogP contribution in [-0.2, 0) is 13.2 Å². The molecule has 0 aliphatic rings. The lowest BCUT2D eigenvalue weighted by molar-refractivity contribution is 0.261. The minimum Gasteiger partial charge on any atom is -0.460 e. The van der Waals surface area contributed by atoms with E-state index in [1.54, 1.807) is 23.0 Å². The van der Waals surface area contributed by atoms with Crippen molar-refractivity contribution < 1.29 is 4.74 Å². The van der Waals surface area contributed by atoms with Crippen LogP contribution in [0.15, 0.2) is 52.0 Å². The second kappa shape index (κ2) is 6.91. The van der Waals surface area contributed by atoms with Crippen molar-refractivity contribution in [2.45, 2.75) is 26.5 Å². The molecule has 0 aliphatic carbocycles. The summed E-state index contributed by atoms with van der Waals surface area (Å²) >= 11 is 3.40. The fourth-order valence-electron chi connectivity index (χ4n) is 2.34. The minimum atomic E-state index is -0.0839. The maximum absolute atomic E-state index is 12.7. The first kappa shape index (κ1) is 15.7. The lowest BCUT2D eigenvalue weighted by Gasteiger charge is -2.13. The summed E-state index contributed by atoms with van der Waals surface area (Å²) in [5.74, 6) is 0. The molecule has 1 aromatic carbocycles. The molecule has 3 aromatic rings. The highest BCUT2D eigenvalue weighted by Gasteiger charge is 2.12. The fourth-order valence-corrected chi connectivity index (χ4v) is 2.70. The Morgan fingerprint density at radius 2 is 2.17 bits per heavy atom. The van der Waals surface area contributed by atoms with Crippen molar-refractivity contribution in [2.75, 3.05) is 0 Å². The van der Waals surface area contributed by atoms with Gasteiger partial charge in [0, 0.05) is 29.0 Å². The van der Waals surface area contributed by atoms with Gasteiger partial charge >= 0.3 is 0 Å². The van der Waals surface area contributed by atoms with Gasteiger partial charge < -0.3 is 4.74 Å². The third-order valence-electron chi connectivity index (χ3n) is 3.42. The minimum absolute atomic E-state index is 0.0839. The summed E-state index contributed by atoms with van der Waals surface area (Å²) in [6.45, 7) is 2.91. The Kier molecular flexibility index (Phi) is 4.71.